The van der Waals surface area contributed by atoms with Crippen molar-refractivity contribution in [3.8, 4) is 39.1 Å². The first kappa shape index (κ1) is 33.2. The van der Waals surface area contributed by atoms with Gasteiger partial charge in [0.2, 0.25) is 0 Å². The van der Waals surface area contributed by atoms with E-state index >= 15 is 0 Å². The lowest BCUT2D eigenvalue weighted by Crippen LogP contribution is -2.12. The highest BCUT2D eigenvalue weighted by Gasteiger charge is 2.25. The first-order valence-electron chi connectivity index (χ1n) is 19.4. The van der Waals surface area contributed by atoms with E-state index in [1.807, 2.05) is 11.3 Å². The molecule has 0 radical (unpaired) electrons. The molecule has 0 unspecified atom stereocenters. The highest BCUT2D eigenvalue weighted by Crippen LogP contribution is 2.51. The molecule has 0 fully saturated rings. The molecule has 11 aromatic rings. The molecule has 268 valence electrons. The lowest BCUT2D eigenvalue weighted by molar-refractivity contribution is 1.17. The maximum atomic E-state index is 2.50. The summed E-state index contributed by atoms with van der Waals surface area (Å²) in [4.78, 5) is 2.50. The van der Waals surface area contributed by atoms with Crippen molar-refractivity contribution in [2.45, 2.75) is 0 Å². The summed E-state index contributed by atoms with van der Waals surface area (Å²) in [6.45, 7) is 0. The van der Waals surface area contributed by atoms with Gasteiger partial charge in [-0.2, -0.15) is 0 Å². The van der Waals surface area contributed by atoms with E-state index in [9.17, 15) is 0 Å². The van der Waals surface area contributed by atoms with E-state index in [4.69, 9.17) is 0 Å². The minimum Gasteiger partial charge on any atom is -0.309 e. The van der Waals surface area contributed by atoms with Crippen molar-refractivity contribution >= 4 is 70.4 Å². The largest absolute Gasteiger partial charge is 0.309 e. The fraction of sp³-hybridized carbons (Fsp3) is 0. The Labute approximate surface area is 335 Å². The molecule has 11 rings (SSSR count). The molecule has 2 aromatic heterocycles. The molecule has 9 aromatic carbocycles. The van der Waals surface area contributed by atoms with Crippen LogP contribution in [0.3, 0.4) is 0 Å². The SMILES string of the molecule is c1ccc(-c2ccccc2-c2c(-c3ccccc3)cccc2N(c2ccc(-n3c4ccccc4c4ccccc43)cc2)c2cccc3c2sc2ccccc23)cc1. The normalized spacial score (nSPS) is 11.5. The Hall–Kier alpha value is -7.20. The van der Waals surface area contributed by atoms with E-state index in [0.717, 1.165) is 22.7 Å². The van der Waals surface area contributed by atoms with Crippen molar-refractivity contribution in [1.29, 1.82) is 0 Å². The third-order valence-corrected chi connectivity index (χ3v) is 12.4. The predicted octanol–water partition coefficient (Wildman–Crippen LogP) is 15.6. The molecule has 0 spiro atoms. The van der Waals surface area contributed by atoms with Gasteiger partial charge in [0.25, 0.3) is 0 Å². The molecule has 0 bridgehead atoms. The molecule has 3 heteroatoms. The van der Waals surface area contributed by atoms with E-state index in [1.54, 1.807) is 0 Å². The first-order valence-corrected chi connectivity index (χ1v) is 20.3. The summed E-state index contributed by atoms with van der Waals surface area (Å²) in [6, 6.07) is 79.4. The van der Waals surface area contributed by atoms with Crippen molar-refractivity contribution in [3.63, 3.8) is 0 Å². The summed E-state index contributed by atoms with van der Waals surface area (Å²) in [6.07, 6.45) is 0. The topological polar surface area (TPSA) is 8.17 Å². The summed E-state index contributed by atoms with van der Waals surface area (Å²) < 4.78 is 4.94. The minimum absolute atomic E-state index is 1.09. The average Bonchev–Trinajstić information content (AvgIpc) is 3.84. The van der Waals surface area contributed by atoms with Gasteiger partial charge in [-0.05, 0) is 82.4 Å². The highest BCUT2D eigenvalue weighted by molar-refractivity contribution is 7.26. The Morgan fingerprint density at radius 3 is 1.56 bits per heavy atom. The molecule has 0 amide bonds. The molecule has 57 heavy (non-hydrogen) atoms. The van der Waals surface area contributed by atoms with Crippen LogP contribution in [0.1, 0.15) is 0 Å². The van der Waals surface area contributed by atoms with Crippen LogP contribution < -0.4 is 4.90 Å². The Balaban J connectivity index is 1.20. The van der Waals surface area contributed by atoms with Crippen LogP contribution in [0.15, 0.2) is 218 Å². The quantitative estimate of drug-likeness (QED) is 0.158. The zero-order valence-corrected chi connectivity index (χ0v) is 31.9. The third-order valence-electron chi connectivity index (χ3n) is 11.2. The average molecular weight is 745 g/mol. The van der Waals surface area contributed by atoms with Crippen molar-refractivity contribution in [2.75, 3.05) is 4.90 Å². The summed E-state index contributed by atoms with van der Waals surface area (Å²) in [5.74, 6) is 0. The van der Waals surface area contributed by atoms with E-state index in [0.29, 0.717) is 0 Å². The number of benzene rings is 9. The number of thiophene rings is 1. The Bertz CT molecular complexity index is 3180. The van der Waals surface area contributed by atoms with Crippen molar-refractivity contribution in [1.82, 2.24) is 4.57 Å². The number of rotatable bonds is 7. The fourth-order valence-electron chi connectivity index (χ4n) is 8.71. The number of aromatic nitrogens is 1. The first-order chi connectivity index (χ1) is 28.3. The standard InChI is InChI=1S/C54H36N2S/c1-3-17-37(18-4-1)41-21-7-8-25-46(41)53-42(38-19-5-2-6-20-38)26-15-30-50(53)56(51-31-16-27-47-45-24-11-14-32-52(45)57-54(47)51)40-35-33-39(34-36-40)55-48-28-12-9-22-43(48)44-23-10-13-29-49(44)55/h1-36H. The second kappa shape index (κ2) is 13.8. The lowest BCUT2D eigenvalue weighted by Gasteiger charge is -2.30. The minimum atomic E-state index is 1.09. The molecular formula is C54H36N2S. The molecule has 0 saturated carbocycles. The number of hydrogen-bond acceptors (Lipinski definition) is 2. The van der Waals surface area contributed by atoms with Gasteiger partial charge in [-0.1, -0.05) is 164 Å². The fourth-order valence-corrected chi connectivity index (χ4v) is 9.91. The number of anilines is 3. The molecule has 0 N–H and O–H groups in total. The van der Waals surface area contributed by atoms with Gasteiger partial charge < -0.3 is 9.47 Å². The third kappa shape index (κ3) is 5.55. The van der Waals surface area contributed by atoms with Gasteiger partial charge in [0.15, 0.2) is 0 Å². The van der Waals surface area contributed by atoms with Crippen LogP contribution in [0.2, 0.25) is 0 Å². The smallest absolute Gasteiger partial charge is 0.0640 e. The van der Waals surface area contributed by atoms with Gasteiger partial charge in [0.05, 0.1) is 27.1 Å². The van der Waals surface area contributed by atoms with Gasteiger partial charge >= 0.3 is 0 Å². The van der Waals surface area contributed by atoms with Gasteiger partial charge in [0, 0.05) is 43.2 Å². The molecule has 0 aliphatic heterocycles. The molecule has 0 saturated heterocycles. The molecule has 0 atom stereocenters. The van der Waals surface area contributed by atoms with E-state index in [1.165, 1.54) is 75.4 Å². The van der Waals surface area contributed by atoms with Crippen LogP contribution in [0.25, 0.3) is 81.0 Å². The maximum absolute atomic E-state index is 2.50. The predicted molar refractivity (Wildman–Crippen MR) is 245 cm³/mol. The van der Waals surface area contributed by atoms with Gasteiger partial charge in [-0.15, -0.1) is 11.3 Å². The van der Waals surface area contributed by atoms with Crippen LogP contribution in [-0.4, -0.2) is 4.57 Å². The summed E-state index contributed by atoms with van der Waals surface area (Å²) >= 11 is 1.87. The van der Waals surface area contributed by atoms with E-state index in [-0.39, 0.29) is 0 Å². The summed E-state index contributed by atoms with van der Waals surface area (Å²) in [5, 5.41) is 5.07. The monoisotopic (exact) mass is 744 g/mol. The van der Waals surface area contributed by atoms with Crippen LogP contribution in [0, 0.1) is 0 Å². The van der Waals surface area contributed by atoms with Crippen LogP contribution in [0.5, 0.6) is 0 Å². The highest BCUT2D eigenvalue weighted by atomic mass is 32.1. The molecule has 0 aliphatic rings. The summed E-state index contributed by atoms with van der Waals surface area (Å²) in [7, 11) is 0. The van der Waals surface area contributed by atoms with Crippen molar-refractivity contribution in [3.05, 3.63) is 218 Å². The van der Waals surface area contributed by atoms with Crippen LogP contribution in [-0.2, 0) is 0 Å². The Kier molecular flexibility index (Phi) is 8.04. The Morgan fingerprint density at radius 2 is 0.860 bits per heavy atom. The second-order valence-electron chi connectivity index (χ2n) is 14.5. The van der Waals surface area contributed by atoms with Gasteiger partial charge in [-0.3, -0.25) is 0 Å². The lowest BCUT2D eigenvalue weighted by atomic mass is 9.87. The second-order valence-corrected chi connectivity index (χ2v) is 15.5. The molecular weight excluding hydrogens is 709 g/mol. The van der Waals surface area contributed by atoms with Gasteiger partial charge in [0.1, 0.15) is 0 Å². The zero-order valence-electron chi connectivity index (χ0n) is 31.1. The summed E-state index contributed by atoms with van der Waals surface area (Å²) in [5.41, 5.74) is 14.0. The maximum Gasteiger partial charge on any atom is 0.0640 e. The van der Waals surface area contributed by atoms with Crippen LogP contribution >= 0.6 is 11.3 Å². The number of nitrogens with zero attached hydrogens (tertiary/aromatic N) is 2. The van der Waals surface area contributed by atoms with Crippen molar-refractivity contribution in [2.24, 2.45) is 0 Å². The Morgan fingerprint density at radius 1 is 0.351 bits per heavy atom. The van der Waals surface area contributed by atoms with Crippen LogP contribution in [0.4, 0.5) is 17.1 Å². The van der Waals surface area contributed by atoms with E-state index in [2.05, 4.69) is 228 Å². The number of hydrogen-bond donors (Lipinski definition) is 0. The number of fused-ring (bicyclic) bond motifs is 6. The van der Waals surface area contributed by atoms with Crippen molar-refractivity contribution < 1.29 is 0 Å². The molecule has 2 nitrogen and oxygen atoms in total. The zero-order chi connectivity index (χ0) is 37.7. The molecule has 0 aliphatic carbocycles. The number of para-hydroxylation sites is 2. The van der Waals surface area contributed by atoms with Gasteiger partial charge in [-0.25, -0.2) is 0 Å². The molecule has 2 heterocycles. The van der Waals surface area contributed by atoms with E-state index < -0.39 is 0 Å².